The summed E-state index contributed by atoms with van der Waals surface area (Å²) in [5.41, 5.74) is 2.04. The number of carboxylic acids is 1. The molecule has 0 radical (unpaired) electrons. The van der Waals surface area contributed by atoms with E-state index in [4.69, 9.17) is 5.11 Å². The maximum absolute atomic E-state index is 11.3. The van der Waals surface area contributed by atoms with Gasteiger partial charge in [0.25, 0.3) is 0 Å². The Labute approximate surface area is 169 Å². The van der Waals surface area contributed by atoms with Crippen LogP contribution in [0.15, 0.2) is 36.8 Å². The number of halogens is 1. The Hall–Kier alpha value is -1.94. The number of benzene rings is 1. The van der Waals surface area contributed by atoms with E-state index in [1.54, 1.807) is 12.5 Å². The number of imidazole rings is 1. The van der Waals surface area contributed by atoms with Gasteiger partial charge >= 0.3 is 155 Å². The predicted octanol–water partition coefficient (Wildman–Crippen LogP) is -0.501. The van der Waals surface area contributed by atoms with Crippen LogP contribution in [0.25, 0.3) is 0 Å². The van der Waals surface area contributed by atoms with E-state index in [1.807, 2.05) is 42.7 Å². The fraction of sp³-hybridized carbons (Fsp3) is 0.421. The third-order valence-corrected chi connectivity index (χ3v) is 5.76. The van der Waals surface area contributed by atoms with Crippen LogP contribution in [0.2, 0.25) is 0 Å². The van der Waals surface area contributed by atoms with Gasteiger partial charge in [-0.05, 0) is 0 Å². The van der Waals surface area contributed by atoms with Crippen molar-refractivity contribution in [1.82, 2.24) is 14.9 Å². The molecule has 0 aliphatic heterocycles. The van der Waals surface area contributed by atoms with Gasteiger partial charge in [-0.2, -0.15) is 0 Å². The van der Waals surface area contributed by atoms with Crippen molar-refractivity contribution < 1.29 is 41.0 Å². The molecule has 148 valence electrons. The average Bonchev–Trinajstić information content (AvgIpc) is 3.00. The standard InChI is InChI=1S/C19H25IN3O4/c1-13(2)8-17(18(24)25)22-7-6-16-10-21-12-23(16)11-14-4-3-5-15(9-14)20-19(26)27/h3-5,9-10,12-13,17,22H,6-8,11H2,1-2H3,(H,24,25)(H,26,27)/q-1. The normalized spacial score (nSPS) is 12.4. The number of nitrogens with zero attached hydrogens (tertiary/aromatic N) is 2. The molecule has 0 saturated carbocycles. The van der Waals surface area contributed by atoms with Crippen molar-refractivity contribution in [1.29, 1.82) is 0 Å². The number of aliphatic carboxylic acids is 1. The summed E-state index contributed by atoms with van der Waals surface area (Å²) in [6.07, 6.45) is 4.79. The van der Waals surface area contributed by atoms with Crippen molar-refractivity contribution in [3.8, 4) is 0 Å². The molecule has 1 aromatic heterocycles. The third-order valence-electron chi connectivity index (χ3n) is 4.01. The van der Waals surface area contributed by atoms with Crippen LogP contribution < -0.4 is 26.5 Å². The molecule has 2 aromatic rings. The third kappa shape index (κ3) is 7.30. The minimum atomic E-state index is -1.03. The fourth-order valence-corrected chi connectivity index (χ4v) is 4.28. The summed E-state index contributed by atoms with van der Waals surface area (Å²) >= 11 is -1.03. The first-order chi connectivity index (χ1) is 12.8. The maximum atomic E-state index is 11.3. The second-order valence-corrected chi connectivity index (χ2v) is 9.42. The molecule has 1 heterocycles. The summed E-state index contributed by atoms with van der Waals surface area (Å²) in [5.74, 6) is -0.513. The summed E-state index contributed by atoms with van der Waals surface area (Å²) in [5, 5.41) is 21.4. The second-order valence-electron chi connectivity index (χ2n) is 6.71. The summed E-state index contributed by atoms with van der Waals surface area (Å²) < 4.78 is 2.15. The van der Waals surface area contributed by atoms with Crippen LogP contribution in [0, 0.1) is 9.49 Å². The second kappa shape index (κ2) is 10.4. The molecule has 0 aliphatic carbocycles. The van der Waals surface area contributed by atoms with Gasteiger partial charge in [-0.3, -0.25) is 0 Å². The fourth-order valence-electron chi connectivity index (χ4n) is 2.80. The van der Waals surface area contributed by atoms with E-state index >= 15 is 0 Å². The molecule has 0 aliphatic rings. The van der Waals surface area contributed by atoms with Crippen molar-refractivity contribution >= 4 is 9.95 Å². The number of hydrogen-bond acceptors (Lipinski definition) is 4. The first-order valence-corrected chi connectivity index (χ1v) is 10.9. The average molecular weight is 486 g/mol. The molecule has 8 heteroatoms. The SMILES string of the molecule is CC(C)CC(NCCc1cncn1Cc1cccc([I-]C(=O)O)c1)C(=O)O. The van der Waals surface area contributed by atoms with Gasteiger partial charge in [-0.1, -0.05) is 13.8 Å². The number of nitrogens with one attached hydrogen (secondary N) is 1. The minimum absolute atomic E-state index is 0.310. The molecule has 27 heavy (non-hydrogen) atoms. The number of carbonyl (C=O) groups is 2. The van der Waals surface area contributed by atoms with Crippen molar-refractivity contribution in [3.05, 3.63) is 51.6 Å². The molecule has 2 rings (SSSR count). The number of hydrogen-bond donors (Lipinski definition) is 3. The summed E-state index contributed by atoms with van der Waals surface area (Å²) in [4.78, 5) is 26.5. The van der Waals surface area contributed by atoms with Gasteiger partial charge in [0.15, 0.2) is 0 Å². The Morgan fingerprint density at radius 1 is 1.30 bits per heavy atom. The van der Waals surface area contributed by atoms with Gasteiger partial charge in [0.1, 0.15) is 0 Å². The Morgan fingerprint density at radius 2 is 2.07 bits per heavy atom. The Morgan fingerprint density at radius 3 is 2.74 bits per heavy atom. The Balaban J connectivity index is 1.95. The molecule has 1 aromatic carbocycles. The number of rotatable bonds is 11. The first-order valence-electron chi connectivity index (χ1n) is 8.77. The van der Waals surface area contributed by atoms with Crippen LogP contribution in [0.3, 0.4) is 0 Å². The Bertz CT molecular complexity index is 776. The zero-order valence-electron chi connectivity index (χ0n) is 15.4. The van der Waals surface area contributed by atoms with E-state index in [-0.39, 0.29) is 0 Å². The van der Waals surface area contributed by atoms with Crippen molar-refractivity contribution in [2.24, 2.45) is 5.92 Å². The monoisotopic (exact) mass is 486 g/mol. The van der Waals surface area contributed by atoms with Crippen molar-refractivity contribution in [3.63, 3.8) is 0 Å². The van der Waals surface area contributed by atoms with E-state index in [0.717, 1.165) is 14.8 Å². The van der Waals surface area contributed by atoms with E-state index in [9.17, 15) is 14.7 Å². The van der Waals surface area contributed by atoms with Gasteiger partial charge in [-0.25, -0.2) is 0 Å². The molecule has 0 saturated heterocycles. The Kier molecular flexibility index (Phi) is 8.23. The van der Waals surface area contributed by atoms with E-state index in [2.05, 4.69) is 10.3 Å². The molecule has 1 unspecified atom stereocenters. The zero-order valence-corrected chi connectivity index (χ0v) is 17.6. The van der Waals surface area contributed by atoms with Gasteiger partial charge in [0, 0.05) is 0 Å². The summed E-state index contributed by atoms with van der Waals surface area (Å²) in [7, 11) is 0. The van der Waals surface area contributed by atoms with Crippen molar-refractivity contribution in [2.75, 3.05) is 6.54 Å². The van der Waals surface area contributed by atoms with Gasteiger partial charge < -0.3 is 0 Å². The van der Waals surface area contributed by atoms with Gasteiger partial charge in [0.2, 0.25) is 0 Å². The van der Waals surface area contributed by atoms with Crippen LogP contribution in [-0.4, -0.2) is 42.3 Å². The van der Waals surface area contributed by atoms with Gasteiger partial charge in [0.05, 0.1) is 0 Å². The number of aromatic nitrogens is 2. The van der Waals surface area contributed by atoms with Crippen LogP contribution >= 0.6 is 0 Å². The molecule has 1 atom stereocenters. The molecule has 0 bridgehead atoms. The molecule has 7 nitrogen and oxygen atoms in total. The van der Waals surface area contributed by atoms with E-state index < -0.39 is 37.2 Å². The topological polar surface area (TPSA) is 104 Å². The molecule has 0 amide bonds. The molecule has 0 fully saturated rings. The molecule has 0 spiro atoms. The summed E-state index contributed by atoms with van der Waals surface area (Å²) in [6, 6.07) is 7.10. The van der Waals surface area contributed by atoms with Crippen LogP contribution in [0.1, 0.15) is 31.5 Å². The predicted molar refractivity (Wildman–Crippen MR) is 97.1 cm³/mol. The van der Waals surface area contributed by atoms with Crippen LogP contribution in [-0.2, 0) is 17.8 Å². The molecular formula is C19H25IN3O4-. The van der Waals surface area contributed by atoms with Crippen LogP contribution in [0.4, 0.5) is 4.79 Å². The van der Waals surface area contributed by atoms with E-state index in [0.29, 0.717) is 31.8 Å². The zero-order chi connectivity index (χ0) is 19.8. The molecular weight excluding hydrogens is 461 g/mol. The quantitative estimate of drug-likeness (QED) is 0.292. The summed E-state index contributed by atoms with van der Waals surface area (Å²) in [6.45, 7) is 5.18. The van der Waals surface area contributed by atoms with Crippen LogP contribution in [0.5, 0.6) is 0 Å². The van der Waals surface area contributed by atoms with Crippen molar-refractivity contribution in [2.45, 2.75) is 39.3 Å². The molecule has 3 N–H and O–H groups in total. The van der Waals surface area contributed by atoms with E-state index in [1.165, 1.54) is 0 Å². The first kappa shape index (κ1) is 21.4. The van der Waals surface area contributed by atoms with Gasteiger partial charge in [-0.15, -0.1) is 0 Å². The number of carboxylic acid groups (broad SMARTS) is 2.